The molecule has 1 aliphatic rings. The van der Waals surface area contributed by atoms with Crippen LogP contribution in [0.5, 0.6) is 0 Å². The molecule has 20 heavy (non-hydrogen) atoms. The summed E-state index contributed by atoms with van der Waals surface area (Å²) in [6.07, 6.45) is 4.38. The van der Waals surface area contributed by atoms with Gasteiger partial charge in [0.1, 0.15) is 5.82 Å². The van der Waals surface area contributed by atoms with Crippen molar-refractivity contribution in [3.63, 3.8) is 0 Å². The lowest BCUT2D eigenvalue weighted by molar-refractivity contribution is 0.628. The van der Waals surface area contributed by atoms with Gasteiger partial charge >= 0.3 is 0 Å². The van der Waals surface area contributed by atoms with Crippen LogP contribution in [-0.4, -0.2) is 14.6 Å². The van der Waals surface area contributed by atoms with Crippen molar-refractivity contribution in [1.29, 1.82) is 0 Å². The second-order valence-electron chi connectivity index (χ2n) is 5.05. The van der Waals surface area contributed by atoms with Crippen molar-refractivity contribution in [2.75, 3.05) is 0 Å². The monoisotopic (exact) mass is 269 g/mol. The molecule has 0 fully saturated rings. The Morgan fingerprint density at radius 1 is 1.20 bits per heavy atom. The van der Waals surface area contributed by atoms with Gasteiger partial charge in [0.25, 0.3) is 5.56 Å². The van der Waals surface area contributed by atoms with E-state index < -0.39 is 0 Å². The first-order chi connectivity index (χ1) is 9.74. The molecule has 4 rings (SSSR count). The van der Waals surface area contributed by atoms with Crippen LogP contribution in [0.25, 0.3) is 16.8 Å². The normalized spacial score (nSPS) is 13.8. The third-order valence-electron chi connectivity index (χ3n) is 3.84. The number of fused-ring (bicyclic) bond motifs is 2. The van der Waals surface area contributed by atoms with E-state index in [4.69, 9.17) is 0 Å². The molecule has 0 saturated heterocycles. The highest BCUT2D eigenvalue weighted by Gasteiger charge is 2.20. The molecule has 0 atom stereocenters. The van der Waals surface area contributed by atoms with Crippen LogP contribution in [0.3, 0.4) is 0 Å². The first-order valence-electron chi connectivity index (χ1n) is 6.62. The molecular formula is C15H12FN3O. The van der Waals surface area contributed by atoms with Crippen molar-refractivity contribution in [2.24, 2.45) is 0 Å². The van der Waals surface area contributed by atoms with E-state index in [1.807, 2.05) is 0 Å². The fourth-order valence-corrected chi connectivity index (χ4v) is 2.83. The highest BCUT2D eigenvalue weighted by molar-refractivity contribution is 5.77. The number of H-pyrrole nitrogens is 1. The van der Waals surface area contributed by atoms with Gasteiger partial charge in [0, 0.05) is 17.3 Å². The minimum Gasteiger partial charge on any atom is -0.296 e. The second kappa shape index (κ2) is 4.03. The molecule has 100 valence electrons. The molecule has 0 saturated carbocycles. The lowest BCUT2D eigenvalue weighted by atomic mass is 10.1. The summed E-state index contributed by atoms with van der Waals surface area (Å²) in [5, 5.41) is 2.95. The molecule has 1 N–H and O–H groups in total. The Balaban J connectivity index is 2.00. The van der Waals surface area contributed by atoms with Crippen molar-refractivity contribution < 1.29 is 4.39 Å². The fourth-order valence-electron chi connectivity index (χ4n) is 2.83. The molecule has 0 amide bonds. The van der Waals surface area contributed by atoms with E-state index in [1.165, 1.54) is 16.6 Å². The van der Waals surface area contributed by atoms with Crippen LogP contribution in [0.1, 0.15) is 17.7 Å². The Bertz CT molecular complexity index is 861. The number of halogens is 1. The smallest absolute Gasteiger partial charge is 0.276 e. The van der Waals surface area contributed by atoms with E-state index in [9.17, 15) is 9.18 Å². The van der Waals surface area contributed by atoms with Crippen LogP contribution in [-0.2, 0) is 12.8 Å². The van der Waals surface area contributed by atoms with E-state index in [-0.39, 0.29) is 11.4 Å². The number of aromatic nitrogens is 3. The number of hydrogen-bond donors (Lipinski definition) is 1. The standard InChI is InChI=1S/C15H12FN3O/c16-10-6-4-9(5-7-10)12-8-17-19-14(12)18-13-3-1-2-11(13)15(19)20/h4-8,17H,1-3H2. The number of rotatable bonds is 1. The van der Waals surface area contributed by atoms with Crippen molar-refractivity contribution in [2.45, 2.75) is 19.3 Å². The van der Waals surface area contributed by atoms with Crippen molar-refractivity contribution >= 4 is 5.65 Å². The Hall–Kier alpha value is -2.43. The highest BCUT2D eigenvalue weighted by Crippen LogP contribution is 2.25. The molecule has 5 heteroatoms. The predicted octanol–water partition coefficient (Wildman–Crippen LogP) is 2.32. The fraction of sp³-hybridized carbons (Fsp3) is 0.200. The van der Waals surface area contributed by atoms with Crippen LogP contribution < -0.4 is 5.56 Å². The van der Waals surface area contributed by atoms with Gasteiger partial charge in [0.05, 0.1) is 5.69 Å². The molecule has 1 aromatic carbocycles. The molecular weight excluding hydrogens is 257 g/mol. The number of benzene rings is 1. The van der Waals surface area contributed by atoms with E-state index >= 15 is 0 Å². The third kappa shape index (κ3) is 1.52. The summed E-state index contributed by atoms with van der Waals surface area (Å²) in [5.41, 5.74) is 3.97. The van der Waals surface area contributed by atoms with Gasteiger partial charge in [0.15, 0.2) is 5.65 Å². The molecule has 3 aromatic rings. The molecule has 1 aliphatic carbocycles. The zero-order chi connectivity index (χ0) is 13.7. The Morgan fingerprint density at radius 2 is 2.00 bits per heavy atom. The van der Waals surface area contributed by atoms with Crippen molar-refractivity contribution in [3.05, 3.63) is 57.9 Å². The van der Waals surface area contributed by atoms with E-state index in [0.29, 0.717) is 5.65 Å². The maximum Gasteiger partial charge on any atom is 0.276 e. The van der Waals surface area contributed by atoms with Crippen LogP contribution in [0.2, 0.25) is 0 Å². The minimum atomic E-state index is -0.278. The summed E-state index contributed by atoms with van der Waals surface area (Å²) in [5.74, 6) is -0.278. The van der Waals surface area contributed by atoms with Gasteiger partial charge in [-0.3, -0.25) is 9.89 Å². The Kier molecular flexibility index (Phi) is 2.30. The average molecular weight is 269 g/mol. The topological polar surface area (TPSA) is 50.2 Å². The lowest BCUT2D eigenvalue weighted by Crippen LogP contribution is -2.20. The van der Waals surface area contributed by atoms with E-state index in [2.05, 4.69) is 10.1 Å². The lowest BCUT2D eigenvalue weighted by Gasteiger charge is -2.02. The van der Waals surface area contributed by atoms with Crippen LogP contribution in [0.15, 0.2) is 35.3 Å². The maximum absolute atomic E-state index is 13.0. The second-order valence-corrected chi connectivity index (χ2v) is 5.05. The number of nitrogens with zero attached hydrogens (tertiary/aromatic N) is 2. The average Bonchev–Trinajstić information content (AvgIpc) is 3.07. The molecule has 2 aromatic heterocycles. The maximum atomic E-state index is 13.0. The zero-order valence-corrected chi connectivity index (χ0v) is 10.7. The molecule has 4 nitrogen and oxygen atoms in total. The summed E-state index contributed by atoms with van der Waals surface area (Å²) >= 11 is 0. The summed E-state index contributed by atoms with van der Waals surface area (Å²) < 4.78 is 14.5. The molecule has 2 heterocycles. The minimum absolute atomic E-state index is 0.0177. The Labute approximate surface area is 113 Å². The van der Waals surface area contributed by atoms with E-state index in [0.717, 1.165) is 41.6 Å². The van der Waals surface area contributed by atoms with Gasteiger partial charge in [-0.25, -0.2) is 13.9 Å². The third-order valence-corrected chi connectivity index (χ3v) is 3.84. The molecule has 0 aliphatic heterocycles. The quantitative estimate of drug-likeness (QED) is 0.737. The van der Waals surface area contributed by atoms with Gasteiger partial charge < -0.3 is 0 Å². The number of nitrogens with one attached hydrogen (secondary N) is 1. The SMILES string of the molecule is O=c1c2c(nc3c(-c4ccc(F)cc4)c[nH]n13)CCC2. The molecule has 0 spiro atoms. The first kappa shape index (κ1) is 11.4. The summed E-state index contributed by atoms with van der Waals surface area (Å²) in [4.78, 5) is 17.0. The Morgan fingerprint density at radius 3 is 2.80 bits per heavy atom. The van der Waals surface area contributed by atoms with Crippen LogP contribution >= 0.6 is 0 Å². The van der Waals surface area contributed by atoms with Crippen molar-refractivity contribution in [3.8, 4) is 11.1 Å². The largest absolute Gasteiger partial charge is 0.296 e. The number of aromatic amines is 1. The van der Waals surface area contributed by atoms with E-state index in [1.54, 1.807) is 18.3 Å². The van der Waals surface area contributed by atoms with Gasteiger partial charge in [-0.05, 0) is 37.0 Å². The molecule has 0 radical (unpaired) electrons. The summed E-state index contributed by atoms with van der Waals surface area (Å²) in [6.45, 7) is 0. The van der Waals surface area contributed by atoms with Crippen LogP contribution in [0.4, 0.5) is 4.39 Å². The number of aryl methyl sites for hydroxylation is 1. The molecule has 0 bridgehead atoms. The van der Waals surface area contributed by atoms with Gasteiger partial charge in [-0.15, -0.1) is 0 Å². The summed E-state index contributed by atoms with van der Waals surface area (Å²) in [7, 11) is 0. The number of hydrogen-bond acceptors (Lipinski definition) is 2. The van der Waals surface area contributed by atoms with Gasteiger partial charge in [-0.2, -0.15) is 0 Å². The molecule has 0 unspecified atom stereocenters. The highest BCUT2D eigenvalue weighted by atomic mass is 19.1. The van der Waals surface area contributed by atoms with Crippen molar-refractivity contribution in [1.82, 2.24) is 14.6 Å². The zero-order valence-electron chi connectivity index (χ0n) is 10.7. The van der Waals surface area contributed by atoms with Gasteiger partial charge in [-0.1, -0.05) is 12.1 Å². The first-order valence-corrected chi connectivity index (χ1v) is 6.62. The summed E-state index contributed by atoms with van der Waals surface area (Å²) in [6, 6.07) is 6.20. The van der Waals surface area contributed by atoms with Gasteiger partial charge in [0.2, 0.25) is 0 Å². The predicted molar refractivity (Wildman–Crippen MR) is 73.2 cm³/mol. The van der Waals surface area contributed by atoms with Crippen LogP contribution in [0, 0.1) is 5.82 Å².